The van der Waals surface area contributed by atoms with Crippen molar-refractivity contribution in [2.45, 2.75) is 72.1 Å². The lowest BCUT2D eigenvalue weighted by Crippen LogP contribution is -2.13. The summed E-state index contributed by atoms with van der Waals surface area (Å²) in [6, 6.07) is 0. The van der Waals surface area contributed by atoms with Crippen molar-refractivity contribution >= 4 is 0 Å². The van der Waals surface area contributed by atoms with Crippen LogP contribution >= 0.6 is 0 Å². The van der Waals surface area contributed by atoms with Gasteiger partial charge in [-0.1, -0.05) is 24.5 Å². The minimum absolute atomic E-state index is 0.245. The number of aromatic nitrogens is 3. The molecule has 0 saturated carbocycles. The van der Waals surface area contributed by atoms with E-state index in [1.807, 2.05) is 31.6 Å². The van der Waals surface area contributed by atoms with Gasteiger partial charge in [0.2, 0.25) is 0 Å². The largest absolute Gasteiger partial charge is 0.382 e. The highest BCUT2D eigenvalue weighted by molar-refractivity contribution is 4.89. The molecule has 0 saturated heterocycles. The van der Waals surface area contributed by atoms with E-state index in [1.165, 1.54) is 19.3 Å². The molecular formula is C21H41N3O5. The summed E-state index contributed by atoms with van der Waals surface area (Å²) in [5, 5.41) is 8.31. The first-order valence-corrected chi connectivity index (χ1v) is 11.0. The average molecular weight is 416 g/mol. The molecule has 0 fully saturated rings. The zero-order chi connectivity index (χ0) is 21.0. The van der Waals surface area contributed by atoms with Crippen LogP contribution in [0.4, 0.5) is 0 Å². The summed E-state index contributed by atoms with van der Waals surface area (Å²) in [7, 11) is 0. The second kappa shape index (κ2) is 18.9. The highest BCUT2D eigenvalue weighted by Gasteiger charge is 2.01. The minimum atomic E-state index is 0.245. The van der Waals surface area contributed by atoms with Gasteiger partial charge in [-0.25, -0.2) is 0 Å². The number of ether oxygens (including phenoxy) is 5. The average Bonchev–Trinajstić information content (AvgIpc) is 3.15. The highest BCUT2D eigenvalue weighted by Crippen LogP contribution is 2.05. The molecule has 0 aliphatic carbocycles. The van der Waals surface area contributed by atoms with Crippen molar-refractivity contribution in [3.05, 3.63) is 11.9 Å². The lowest BCUT2D eigenvalue weighted by atomic mass is 10.1. The zero-order valence-corrected chi connectivity index (χ0v) is 18.6. The molecule has 0 unspecified atom stereocenters. The third-order valence-corrected chi connectivity index (χ3v) is 4.14. The molecule has 0 N–H and O–H groups in total. The van der Waals surface area contributed by atoms with Crippen molar-refractivity contribution in [3.63, 3.8) is 0 Å². The van der Waals surface area contributed by atoms with E-state index in [-0.39, 0.29) is 6.10 Å². The predicted molar refractivity (Wildman–Crippen MR) is 112 cm³/mol. The Kier molecular flexibility index (Phi) is 17.0. The van der Waals surface area contributed by atoms with Gasteiger partial charge in [0.15, 0.2) is 0 Å². The first-order chi connectivity index (χ1) is 14.2. The Morgan fingerprint density at radius 2 is 1.45 bits per heavy atom. The maximum atomic E-state index is 5.58. The molecule has 0 amide bonds. The molecule has 0 aliphatic rings. The summed E-state index contributed by atoms with van der Waals surface area (Å²) in [5.41, 5.74) is 0.857. The summed E-state index contributed by atoms with van der Waals surface area (Å²) in [5.74, 6) is 0. The molecular weight excluding hydrogens is 374 g/mol. The summed E-state index contributed by atoms with van der Waals surface area (Å²) in [6.07, 6.45) is 8.17. The van der Waals surface area contributed by atoms with Crippen molar-refractivity contribution in [1.29, 1.82) is 0 Å². The highest BCUT2D eigenvalue weighted by atomic mass is 16.6. The molecule has 0 aromatic carbocycles. The second-order valence-corrected chi connectivity index (χ2v) is 7.13. The van der Waals surface area contributed by atoms with Crippen molar-refractivity contribution in [2.75, 3.05) is 52.9 Å². The second-order valence-electron chi connectivity index (χ2n) is 7.13. The molecule has 0 bridgehead atoms. The Balaban J connectivity index is 1.88. The van der Waals surface area contributed by atoms with E-state index in [4.69, 9.17) is 23.7 Å². The van der Waals surface area contributed by atoms with Crippen LogP contribution in [0.2, 0.25) is 0 Å². The van der Waals surface area contributed by atoms with E-state index in [2.05, 4.69) is 10.3 Å². The van der Waals surface area contributed by atoms with E-state index in [0.717, 1.165) is 38.3 Å². The number of hydrogen-bond donors (Lipinski definition) is 0. The van der Waals surface area contributed by atoms with Gasteiger partial charge in [-0.15, -0.1) is 5.10 Å². The molecule has 29 heavy (non-hydrogen) atoms. The quantitative estimate of drug-likeness (QED) is 0.285. The van der Waals surface area contributed by atoms with Gasteiger partial charge in [-0.05, 0) is 33.6 Å². The van der Waals surface area contributed by atoms with Gasteiger partial charge in [0.1, 0.15) is 5.69 Å². The summed E-state index contributed by atoms with van der Waals surface area (Å²) >= 11 is 0. The molecule has 8 nitrogen and oxygen atoms in total. The van der Waals surface area contributed by atoms with E-state index >= 15 is 0 Å². The third-order valence-electron chi connectivity index (χ3n) is 4.14. The topological polar surface area (TPSA) is 76.9 Å². The number of nitrogens with zero attached hydrogens (tertiary/aromatic N) is 3. The van der Waals surface area contributed by atoms with Crippen LogP contribution in [0.1, 0.15) is 58.6 Å². The monoisotopic (exact) mass is 415 g/mol. The van der Waals surface area contributed by atoms with Crippen molar-refractivity contribution in [2.24, 2.45) is 0 Å². The van der Waals surface area contributed by atoms with Crippen molar-refractivity contribution in [3.8, 4) is 0 Å². The van der Waals surface area contributed by atoms with Crippen LogP contribution < -0.4 is 0 Å². The zero-order valence-electron chi connectivity index (χ0n) is 18.6. The van der Waals surface area contributed by atoms with Crippen molar-refractivity contribution in [1.82, 2.24) is 15.0 Å². The summed E-state index contributed by atoms with van der Waals surface area (Å²) < 4.78 is 29.1. The lowest BCUT2D eigenvalue weighted by Gasteiger charge is -2.08. The number of rotatable bonds is 21. The Bertz CT molecular complexity index is 471. The van der Waals surface area contributed by atoms with Crippen LogP contribution in [0.15, 0.2) is 6.20 Å². The Hall–Kier alpha value is -1.06. The van der Waals surface area contributed by atoms with Gasteiger partial charge < -0.3 is 23.7 Å². The number of hydrogen-bond acceptors (Lipinski definition) is 7. The molecule has 8 heteroatoms. The first kappa shape index (κ1) is 26.0. The van der Waals surface area contributed by atoms with Gasteiger partial charge in [-0.2, -0.15) is 0 Å². The fraction of sp³-hybridized carbons (Fsp3) is 0.905. The Morgan fingerprint density at radius 1 is 0.793 bits per heavy atom. The van der Waals surface area contributed by atoms with Gasteiger partial charge in [0, 0.05) is 19.8 Å². The smallest absolute Gasteiger partial charge is 0.108 e. The molecule has 0 spiro atoms. The van der Waals surface area contributed by atoms with E-state index in [1.54, 1.807) is 0 Å². The van der Waals surface area contributed by atoms with Crippen LogP contribution in [0.25, 0.3) is 0 Å². The van der Waals surface area contributed by atoms with Gasteiger partial charge in [0.25, 0.3) is 0 Å². The molecule has 0 aliphatic heterocycles. The van der Waals surface area contributed by atoms with Crippen LogP contribution in [-0.2, 0) is 36.8 Å². The van der Waals surface area contributed by atoms with E-state index in [9.17, 15) is 0 Å². The van der Waals surface area contributed by atoms with Gasteiger partial charge >= 0.3 is 0 Å². The Morgan fingerprint density at radius 3 is 2.17 bits per heavy atom. The van der Waals surface area contributed by atoms with Gasteiger partial charge in [0.05, 0.1) is 58.5 Å². The van der Waals surface area contributed by atoms with E-state index in [0.29, 0.717) is 46.2 Å². The lowest BCUT2D eigenvalue weighted by molar-refractivity contribution is -0.0134. The fourth-order valence-electron chi connectivity index (χ4n) is 2.63. The fourth-order valence-corrected chi connectivity index (χ4v) is 2.63. The maximum absolute atomic E-state index is 5.58. The molecule has 1 rings (SSSR count). The van der Waals surface area contributed by atoms with Crippen LogP contribution in [0, 0.1) is 0 Å². The molecule has 1 aromatic heterocycles. The van der Waals surface area contributed by atoms with Crippen molar-refractivity contribution < 1.29 is 23.7 Å². The van der Waals surface area contributed by atoms with Gasteiger partial charge in [-0.3, -0.25) is 4.68 Å². The summed E-state index contributed by atoms with van der Waals surface area (Å²) in [6.45, 7) is 12.6. The molecule has 1 heterocycles. The normalized spacial score (nSPS) is 11.6. The molecule has 0 atom stereocenters. The minimum Gasteiger partial charge on any atom is -0.382 e. The molecule has 1 aromatic rings. The standard InChI is InChI=1S/C21H41N3O5/c1-4-25-11-9-7-5-6-8-10-24-18-21(22-23-24)19-28-15-14-26-12-13-27-16-17-29-20(2)3/h18,20H,4-17,19H2,1-3H3. The summed E-state index contributed by atoms with van der Waals surface area (Å²) in [4.78, 5) is 0. The predicted octanol–water partition coefficient (Wildman–Crippen LogP) is 3.24. The van der Waals surface area contributed by atoms with E-state index < -0.39 is 0 Å². The first-order valence-electron chi connectivity index (χ1n) is 11.0. The number of unbranched alkanes of at least 4 members (excludes halogenated alkanes) is 4. The molecule has 170 valence electrons. The van der Waals surface area contributed by atoms with Crippen LogP contribution in [0.3, 0.4) is 0 Å². The number of aryl methyl sites for hydroxylation is 1. The third kappa shape index (κ3) is 16.4. The van der Waals surface area contributed by atoms with Crippen LogP contribution in [0.5, 0.6) is 0 Å². The maximum Gasteiger partial charge on any atom is 0.108 e. The molecule has 0 radical (unpaired) electrons. The Labute approximate surface area is 176 Å². The SMILES string of the molecule is CCOCCCCCCCn1cc(COCCOCCOCCOC(C)C)nn1. The van der Waals surface area contributed by atoms with Crippen LogP contribution in [-0.4, -0.2) is 74.0 Å².